The molecule has 2 atom stereocenters. The number of ether oxygens (including phenoxy) is 1. The SMILES string of the molecule is Cc1ccc(NC2CCOC(C)C2)cc1[N+](=O)[O-]. The lowest BCUT2D eigenvalue weighted by molar-refractivity contribution is -0.385. The van der Waals surface area contributed by atoms with Gasteiger partial charge < -0.3 is 10.1 Å². The molecule has 0 saturated carbocycles. The largest absolute Gasteiger partial charge is 0.382 e. The number of nitrogens with zero attached hydrogens (tertiary/aromatic N) is 1. The molecule has 0 amide bonds. The molecule has 0 aliphatic carbocycles. The van der Waals surface area contributed by atoms with E-state index >= 15 is 0 Å². The van der Waals surface area contributed by atoms with E-state index in [4.69, 9.17) is 4.74 Å². The van der Waals surface area contributed by atoms with Crippen LogP contribution in [-0.4, -0.2) is 23.7 Å². The van der Waals surface area contributed by atoms with Crippen LogP contribution in [0.3, 0.4) is 0 Å². The minimum atomic E-state index is -0.340. The topological polar surface area (TPSA) is 64.4 Å². The molecule has 1 aliphatic rings. The zero-order valence-corrected chi connectivity index (χ0v) is 10.7. The van der Waals surface area contributed by atoms with Crippen LogP contribution >= 0.6 is 0 Å². The highest BCUT2D eigenvalue weighted by atomic mass is 16.6. The summed E-state index contributed by atoms with van der Waals surface area (Å²) in [5, 5.41) is 14.2. The Kier molecular flexibility index (Phi) is 3.81. The normalized spacial score (nSPS) is 23.7. The van der Waals surface area contributed by atoms with Gasteiger partial charge in [-0.1, -0.05) is 6.07 Å². The van der Waals surface area contributed by atoms with Crippen molar-refractivity contribution < 1.29 is 9.66 Å². The van der Waals surface area contributed by atoms with Crippen molar-refractivity contribution in [3.05, 3.63) is 33.9 Å². The van der Waals surface area contributed by atoms with Crippen LogP contribution in [0.5, 0.6) is 0 Å². The highest BCUT2D eigenvalue weighted by Gasteiger charge is 2.20. The van der Waals surface area contributed by atoms with Crippen molar-refractivity contribution in [1.82, 2.24) is 0 Å². The summed E-state index contributed by atoms with van der Waals surface area (Å²) < 4.78 is 5.48. The molecule has 0 bridgehead atoms. The maximum absolute atomic E-state index is 10.9. The molecule has 5 nitrogen and oxygen atoms in total. The van der Waals surface area contributed by atoms with Crippen molar-refractivity contribution >= 4 is 11.4 Å². The summed E-state index contributed by atoms with van der Waals surface area (Å²) in [5.41, 5.74) is 1.66. The number of rotatable bonds is 3. The Balaban J connectivity index is 2.09. The maximum atomic E-state index is 10.9. The molecule has 1 N–H and O–H groups in total. The number of benzene rings is 1. The Hall–Kier alpha value is -1.62. The molecule has 18 heavy (non-hydrogen) atoms. The van der Waals surface area contributed by atoms with Crippen LogP contribution in [0.2, 0.25) is 0 Å². The zero-order valence-electron chi connectivity index (χ0n) is 10.7. The van der Waals surface area contributed by atoms with E-state index in [1.165, 1.54) is 0 Å². The lowest BCUT2D eigenvalue weighted by Crippen LogP contribution is -2.32. The summed E-state index contributed by atoms with van der Waals surface area (Å²) in [6, 6.07) is 5.61. The van der Waals surface area contributed by atoms with Crippen molar-refractivity contribution in [1.29, 1.82) is 0 Å². The van der Waals surface area contributed by atoms with E-state index in [2.05, 4.69) is 5.32 Å². The molecule has 1 aliphatic heterocycles. The van der Waals surface area contributed by atoms with E-state index < -0.39 is 0 Å². The van der Waals surface area contributed by atoms with Gasteiger partial charge in [-0.25, -0.2) is 0 Å². The van der Waals surface area contributed by atoms with Gasteiger partial charge in [0.25, 0.3) is 5.69 Å². The van der Waals surface area contributed by atoms with Crippen LogP contribution in [0.4, 0.5) is 11.4 Å². The molecule has 2 unspecified atom stereocenters. The van der Waals surface area contributed by atoms with E-state index in [-0.39, 0.29) is 16.7 Å². The molecule has 0 spiro atoms. The minimum absolute atomic E-state index is 0.167. The van der Waals surface area contributed by atoms with Gasteiger partial charge in [-0.3, -0.25) is 10.1 Å². The molecule has 2 rings (SSSR count). The first-order chi connectivity index (χ1) is 8.56. The third-order valence-electron chi connectivity index (χ3n) is 3.26. The first-order valence-corrected chi connectivity index (χ1v) is 6.19. The number of aryl methyl sites for hydroxylation is 1. The number of nitro groups is 1. The van der Waals surface area contributed by atoms with Gasteiger partial charge in [-0.2, -0.15) is 0 Å². The van der Waals surface area contributed by atoms with E-state index in [0.717, 1.165) is 25.1 Å². The average Bonchev–Trinajstić information content (AvgIpc) is 2.31. The molecule has 1 aromatic rings. The molecule has 98 valence electrons. The number of hydrogen-bond donors (Lipinski definition) is 1. The van der Waals surface area contributed by atoms with E-state index in [1.807, 2.05) is 13.0 Å². The maximum Gasteiger partial charge on any atom is 0.274 e. The molecule has 1 saturated heterocycles. The summed E-state index contributed by atoms with van der Waals surface area (Å²) >= 11 is 0. The molecule has 0 radical (unpaired) electrons. The minimum Gasteiger partial charge on any atom is -0.382 e. The van der Waals surface area contributed by atoms with Gasteiger partial charge in [-0.15, -0.1) is 0 Å². The van der Waals surface area contributed by atoms with Crippen molar-refractivity contribution in [2.24, 2.45) is 0 Å². The molecule has 5 heteroatoms. The first kappa shape index (κ1) is 12.8. The third-order valence-corrected chi connectivity index (χ3v) is 3.26. The lowest BCUT2D eigenvalue weighted by Gasteiger charge is -2.28. The second kappa shape index (κ2) is 5.35. The summed E-state index contributed by atoms with van der Waals surface area (Å²) in [6.07, 6.45) is 2.12. The molecular formula is C13H18N2O3. The summed E-state index contributed by atoms with van der Waals surface area (Å²) in [4.78, 5) is 10.5. The van der Waals surface area contributed by atoms with Crippen LogP contribution in [0.15, 0.2) is 18.2 Å². The van der Waals surface area contributed by atoms with E-state index in [1.54, 1.807) is 19.1 Å². The van der Waals surface area contributed by atoms with Crippen molar-refractivity contribution in [2.45, 2.75) is 38.8 Å². The number of nitrogens with one attached hydrogen (secondary N) is 1. The number of anilines is 1. The van der Waals surface area contributed by atoms with Gasteiger partial charge in [0.05, 0.1) is 11.0 Å². The Morgan fingerprint density at radius 1 is 1.50 bits per heavy atom. The fourth-order valence-electron chi connectivity index (χ4n) is 2.26. The monoisotopic (exact) mass is 250 g/mol. The van der Waals surface area contributed by atoms with Crippen LogP contribution in [0.1, 0.15) is 25.3 Å². The fourth-order valence-corrected chi connectivity index (χ4v) is 2.26. The lowest BCUT2D eigenvalue weighted by atomic mass is 10.0. The zero-order chi connectivity index (χ0) is 13.1. The van der Waals surface area contributed by atoms with Crippen LogP contribution < -0.4 is 5.32 Å². The standard InChI is InChI=1S/C13H18N2O3/c1-9-3-4-11(8-13(9)15(16)17)14-12-5-6-18-10(2)7-12/h3-4,8,10,12,14H,5-7H2,1-2H3. The molecule has 1 heterocycles. The molecule has 1 fully saturated rings. The van der Waals surface area contributed by atoms with E-state index in [0.29, 0.717) is 11.6 Å². The Bertz CT molecular complexity index is 448. The molecular weight excluding hydrogens is 232 g/mol. The predicted octanol–water partition coefficient (Wildman–Crippen LogP) is 2.88. The Morgan fingerprint density at radius 2 is 2.28 bits per heavy atom. The van der Waals surface area contributed by atoms with Gasteiger partial charge in [-0.05, 0) is 32.8 Å². The summed E-state index contributed by atoms with van der Waals surface area (Å²) in [6.45, 7) is 4.54. The van der Waals surface area contributed by atoms with Crippen LogP contribution in [0, 0.1) is 17.0 Å². The second-order valence-corrected chi connectivity index (χ2v) is 4.81. The van der Waals surface area contributed by atoms with Crippen molar-refractivity contribution in [3.8, 4) is 0 Å². The highest BCUT2D eigenvalue weighted by Crippen LogP contribution is 2.24. The smallest absolute Gasteiger partial charge is 0.274 e. The Morgan fingerprint density at radius 3 is 2.94 bits per heavy atom. The Labute approximate surface area is 106 Å². The summed E-state index contributed by atoms with van der Waals surface area (Å²) in [5.74, 6) is 0. The number of nitro benzene ring substituents is 1. The highest BCUT2D eigenvalue weighted by molar-refractivity contribution is 5.55. The average molecular weight is 250 g/mol. The molecule has 0 aromatic heterocycles. The van der Waals surface area contributed by atoms with Gasteiger partial charge >= 0.3 is 0 Å². The fraction of sp³-hybridized carbons (Fsp3) is 0.538. The van der Waals surface area contributed by atoms with E-state index in [9.17, 15) is 10.1 Å². The first-order valence-electron chi connectivity index (χ1n) is 6.19. The molecule has 1 aromatic carbocycles. The summed E-state index contributed by atoms with van der Waals surface area (Å²) in [7, 11) is 0. The van der Waals surface area contributed by atoms with Gasteiger partial charge in [0.1, 0.15) is 0 Å². The van der Waals surface area contributed by atoms with Crippen LogP contribution in [0.25, 0.3) is 0 Å². The van der Waals surface area contributed by atoms with Gasteiger partial charge in [0.2, 0.25) is 0 Å². The van der Waals surface area contributed by atoms with Crippen molar-refractivity contribution in [3.63, 3.8) is 0 Å². The second-order valence-electron chi connectivity index (χ2n) is 4.81. The van der Waals surface area contributed by atoms with Gasteiger partial charge in [0.15, 0.2) is 0 Å². The predicted molar refractivity (Wildman–Crippen MR) is 69.9 cm³/mol. The van der Waals surface area contributed by atoms with Crippen LogP contribution in [-0.2, 0) is 4.74 Å². The quantitative estimate of drug-likeness (QED) is 0.661. The number of hydrogen-bond acceptors (Lipinski definition) is 4. The van der Waals surface area contributed by atoms with Crippen molar-refractivity contribution in [2.75, 3.05) is 11.9 Å². The third kappa shape index (κ3) is 2.98. The van der Waals surface area contributed by atoms with Gasteiger partial charge in [0, 0.05) is 30.0 Å².